The van der Waals surface area contributed by atoms with Crippen LogP contribution >= 0.6 is 0 Å². The minimum Gasteiger partial charge on any atom is -0.368 e. The summed E-state index contributed by atoms with van der Waals surface area (Å²) in [5.74, 6) is -0.958. The Morgan fingerprint density at radius 2 is 1.31 bits per heavy atom. The molecule has 0 spiro atoms. The van der Waals surface area contributed by atoms with Crippen molar-refractivity contribution in [3.05, 3.63) is 77.6 Å². The van der Waals surface area contributed by atoms with E-state index in [1.807, 2.05) is 6.07 Å². The number of pyridine rings is 1. The maximum Gasteiger partial charge on any atom is 0.296 e. The summed E-state index contributed by atoms with van der Waals surface area (Å²) in [5.41, 5.74) is -0.367. The van der Waals surface area contributed by atoms with Crippen LogP contribution in [-0.2, 0) is 39.9 Å². The van der Waals surface area contributed by atoms with Gasteiger partial charge in [0.2, 0.25) is 0 Å². The molecule has 0 unspecified atom stereocenters. The van der Waals surface area contributed by atoms with E-state index < -0.39 is 50.6 Å². The lowest BCUT2D eigenvalue weighted by molar-refractivity contribution is 0.481. The zero-order valence-corrected chi connectivity index (χ0v) is 28.7. The highest BCUT2D eigenvalue weighted by Gasteiger charge is 2.21. The third kappa shape index (κ3) is 10.8. The first-order valence-corrected chi connectivity index (χ1v) is 19.8. The Morgan fingerprint density at radius 3 is 1.82 bits per heavy atom. The fourth-order valence-electron chi connectivity index (χ4n) is 3.75. The molecule has 0 aliphatic carbocycles. The average Bonchev–Trinajstić information content (AvgIpc) is 3.03. The van der Waals surface area contributed by atoms with Gasteiger partial charge in [0.15, 0.2) is 25.5 Å². The first-order chi connectivity index (χ1) is 22.8. The van der Waals surface area contributed by atoms with Crippen molar-refractivity contribution >= 4 is 74.3 Å². The number of aromatic nitrogens is 1. The second kappa shape index (κ2) is 15.5. The van der Waals surface area contributed by atoms with Crippen LogP contribution in [0.5, 0.6) is 0 Å². The molecule has 0 atom stereocenters. The predicted molar refractivity (Wildman–Crippen MR) is 180 cm³/mol. The molecule has 0 aliphatic heterocycles. The molecule has 0 fully saturated rings. The quantitative estimate of drug-likeness (QED) is 0.116. The molecule has 0 saturated heterocycles. The van der Waals surface area contributed by atoms with Crippen LogP contribution in [0, 0.1) is 18.3 Å². The number of nitrogens with one attached hydrogen (secondary N) is 2. The van der Waals surface area contributed by atoms with E-state index in [1.54, 1.807) is 0 Å². The Balaban J connectivity index is 2.05. The number of hydrogen-bond donors (Lipinski definition) is 4. The summed E-state index contributed by atoms with van der Waals surface area (Å²) >= 11 is 0. The van der Waals surface area contributed by atoms with Crippen LogP contribution in [0.3, 0.4) is 0 Å². The van der Waals surface area contributed by atoms with Crippen LogP contribution in [0.15, 0.2) is 96.7 Å². The first kappa shape index (κ1) is 38.5. The van der Waals surface area contributed by atoms with Gasteiger partial charge >= 0.3 is 0 Å². The van der Waals surface area contributed by atoms with Crippen molar-refractivity contribution < 1.29 is 42.8 Å². The summed E-state index contributed by atoms with van der Waals surface area (Å²) in [6.07, 6.45) is 0. The summed E-state index contributed by atoms with van der Waals surface area (Å²) in [4.78, 5) is 3.16. The van der Waals surface area contributed by atoms with E-state index in [0.717, 1.165) is 35.1 Å². The molecule has 3 rings (SSSR count). The van der Waals surface area contributed by atoms with Crippen LogP contribution < -0.4 is 10.6 Å². The average molecular weight is 753 g/mol. The zero-order valence-electron chi connectivity index (χ0n) is 25.4. The van der Waals surface area contributed by atoms with Crippen LogP contribution in [0.1, 0.15) is 11.1 Å². The van der Waals surface area contributed by atoms with E-state index in [4.69, 9.17) is 4.55 Å². The number of rotatable bonds is 16. The Morgan fingerprint density at radius 1 is 0.776 bits per heavy atom. The smallest absolute Gasteiger partial charge is 0.296 e. The Bertz CT molecular complexity index is 2320. The van der Waals surface area contributed by atoms with Gasteiger partial charge in [0.25, 0.3) is 20.2 Å². The molecule has 0 aliphatic rings. The van der Waals surface area contributed by atoms with E-state index >= 15 is 0 Å². The molecule has 3 aromatic rings. The van der Waals surface area contributed by atoms with Crippen molar-refractivity contribution in [2.24, 2.45) is 20.5 Å². The molecule has 22 heteroatoms. The largest absolute Gasteiger partial charge is 0.368 e. The van der Waals surface area contributed by atoms with Crippen molar-refractivity contribution in [3.8, 4) is 6.07 Å². The van der Waals surface area contributed by atoms with Gasteiger partial charge < -0.3 is 10.6 Å². The molecular formula is C27H28N8O10S4. The fraction of sp³-hybridized carbons (Fsp3) is 0.185. The van der Waals surface area contributed by atoms with E-state index in [-0.39, 0.29) is 69.3 Å². The SMILES string of the molecule is C=CS(=O)(=O)CCNc1nc(NCCS(=O)(=O)C=C)c(N=Nc2ccc(N=Nc3ccc(S(=O)(=O)O)cc3)cc2S(=O)(=O)O)c(C)c1C#N. The first-order valence-electron chi connectivity index (χ1n) is 13.5. The maximum atomic E-state index is 12.3. The maximum absolute atomic E-state index is 12.3. The van der Waals surface area contributed by atoms with Gasteiger partial charge in [-0.05, 0) is 49.4 Å². The highest BCUT2D eigenvalue weighted by molar-refractivity contribution is 7.94. The molecule has 4 N–H and O–H groups in total. The minimum absolute atomic E-state index is 0.0618. The van der Waals surface area contributed by atoms with Gasteiger partial charge in [0.1, 0.15) is 28.2 Å². The molecule has 1 aromatic heterocycles. The van der Waals surface area contributed by atoms with Crippen molar-refractivity contribution in [1.82, 2.24) is 4.98 Å². The lowest BCUT2D eigenvalue weighted by Crippen LogP contribution is -2.17. The van der Waals surface area contributed by atoms with Crippen LogP contribution in [0.2, 0.25) is 0 Å². The number of sulfone groups is 2. The summed E-state index contributed by atoms with van der Waals surface area (Å²) < 4.78 is 114. The molecular weight excluding hydrogens is 725 g/mol. The molecule has 0 bridgehead atoms. The molecule has 49 heavy (non-hydrogen) atoms. The summed E-state index contributed by atoms with van der Waals surface area (Å²) in [7, 11) is -16.6. The van der Waals surface area contributed by atoms with Crippen molar-refractivity contribution in [3.63, 3.8) is 0 Å². The predicted octanol–water partition coefficient (Wildman–Crippen LogP) is 4.53. The molecule has 0 amide bonds. The monoisotopic (exact) mass is 752 g/mol. The Labute approximate surface area is 282 Å². The van der Waals surface area contributed by atoms with Crippen LogP contribution in [-0.4, -0.2) is 72.4 Å². The molecule has 1 heterocycles. The topological polar surface area (TPSA) is 287 Å². The van der Waals surface area contributed by atoms with Gasteiger partial charge in [-0.2, -0.15) is 32.3 Å². The van der Waals surface area contributed by atoms with E-state index in [1.165, 1.54) is 25.1 Å². The second-order valence-electron chi connectivity index (χ2n) is 9.69. The fourth-order valence-corrected chi connectivity index (χ4v) is 5.98. The molecule has 2 aromatic carbocycles. The Hall–Kier alpha value is -4.92. The van der Waals surface area contributed by atoms with Gasteiger partial charge in [-0.25, -0.2) is 21.8 Å². The zero-order chi connectivity index (χ0) is 36.6. The lowest BCUT2D eigenvalue weighted by atomic mass is 10.1. The standard InChI is InChI=1S/C27H28N8O10S4/c1-4-46(36,37)14-12-29-26-22(17-28)18(3)25(27(31-26)30-13-15-47(38,39)5-2)35-34-23-11-8-20(16-24(23)49(43,44)45)33-32-19-6-9-21(10-7-19)48(40,41)42/h4-11,16H,1-2,12-15H2,3H3,(H2,29,30,31)(H,40,41,42)(H,43,44,45). The van der Waals surface area contributed by atoms with Gasteiger partial charge in [-0.3, -0.25) is 9.11 Å². The summed E-state index contributed by atoms with van der Waals surface area (Å²) in [5, 5.41) is 32.7. The number of benzene rings is 2. The van der Waals surface area contributed by atoms with Crippen molar-refractivity contribution in [1.29, 1.82) is 5.26 Å². The van der Waals surface area contributed by atoms with Gasteiger partial charge in [-0.15, -0.1) is 10.2 Å². The molecule has 18 nitrogen and oxygen atoms in total. The number of anilines is 2. The van der Waals surface area contributed by atoms with E-state index in [2.05, 4.69) is 49.2 Å². The number of hydrogen-bond acceptors (Lipinski definition) is 16. The number of azo groups is 2. The Kier molecular flexibility index (Phi) is 12.2. The van der Waals surface area contributed by atoms with Gasteiger partial charge in [0, 0.05) is 29.5 Å². The number of nitrogens with zero attached hydrogens (tertiary/aromatic N) is 6. The van der Waals surface area contributed by atoms with E-state index in [0.29, 0.717) is 0 Å². The second-order valence-corrected chi connectivity index (χ2v) is 16.6. The molecule has 260 valence electrons. The normalized spacial score (nSPS) is 12.5. The number of nitriles is 1. The molecule has 0 saturated carbocycles. The van der Waals surface area contributed by atoms with Gasteiger partial charge in [-0.1, -0.05) is 13.2 Å². The van der Waals surface area contributed by atoms with Crippen LogP contribution in [0.25, 0.3) is 0 Å². The van der Waals surface area contributed by atoms with Crippen molar-refractivity contribution in [2.45, 2.75) is 16.7 Å². The third-order valence-corrected chi connectivity index (χ3v) is 10.6. The lowest BCUT2D eigenvalue weighted by Gasteiger charge is -2.15. The minimum atomic E-state index is -4.94. The van der Waals surface area contributed by atoms with Crippen LogP contribution in [0.4, 0.5) is 34.4 Å². The summed E-state index contributed by atoms with van der Waals surface area (Å²) in [6, 6.07) is 9.86. The molecule has 0 radical (unpaired) electrons. The van der Waals surface area contributed by atoms with E-state index in [9.17, 15) is 43.5 Å². The summed E-state index contributed by atoms with van der Waals surface area (Å²) in [6.45, 7) is 7.54. The van der Waals surface area contributed by atoms with Gasteiger partial charge in [0.05, 0.1) is 33.3 Å². The van der Waals surface area contributed by atoms with Crippen molar-refractivity contribution in [2.75, 3.05) is 35.2 Å². The third-order valence-electron chi connectivity index (χ3n) is 6.29. The highest BCUT2D eigenvalue weighted by Crippen LogP contribution is 2.37. The highest BCUT2D eigenvalue weighted by atomic mass is 32.2.